The predicted octanol–water partition coefficient (Wildman–Crippen LogP) is 1.82. The monoisotopic (exact) mass is 158 g/mol. The van der Waals surface area contributed by atoms with Crippen LogP contribution in [-0.4, -0.2) is 11.3 Å². The Morgan fingerprint density at radius 3 is 2.92 bits per heavy atom. The Balaban J connectivity index is 2.54. The molecule has 1 aromatic carbocycles. The van der Waals surface area contributed by atoms with E-state index in [9.17, 15) is 4.79 Å². The summed E-state index contributed by atoms with van der Waals surface area (Å²) in [5.41, 5.74) is 1.99. The van der Waals surface area contributed by atoms with Crippen molar-refractivity contribution in [3.05, 3.63) is 36.0 Å². The highest BCUT2D eigenvalue weighted by atomic mass is 16.1. The third kappa shape index (κ3) is 1.11. The number of benzene rings is 1. The zero-order valence-electron chi connectivity index (χ0n) is 6.50. The smallest absolute Gasteiger partial charge is 0.204 e. The van der Waals surface area contributed by atoms with E-state index >= 15 is 0 Å². The topological polar surface area (TPSA) is 32.9 Å². The second kappa shape index (κ2) is 2.81. The number of rotatable bonds is 2. The average Bonchev–Trinajstić information content (AvgIpc) is 2.47. The first-order valence-electron chi connectivity index (χ1n) is 3.82. The molecule has 0 fully saturated rings. The van der Waals surface area contributed by atoms with E-state index in [0.717, 1.165) is 16.6 Å². The van der Waals surface area contributed by atoms with Crippen LogP contribution < -0.4 is 0 Å². The number of H-pyrrole nitrogens is 1. The van der Waals surface area contributed by atoms with Gasteiger partial charge in [0.2, 0.25) is 6.29 Å². The summed E-state index contributed by atoms with van der Waals surface area (Å²) < 4.78 is 0. The average molecular weight is 158 g/mol. The molecule has 1 radical (unpaired) electrons. The molecule has 2 nitrogen and oxygen atoms in total. The van der Waals surface area contributed by atoms with E-state index < -0.39 is 0 Å². The van der Waals surface area contributed by atoms with Gasteiger partial charge in [0.05, 0.1) is 6.42 Å². The molecule has 0 unspecified atom stereocenters. The van der Waals surface area contributed by atoms with Crippen LogP contribution in [0.15, 0.2) is 30.3 Å². The molecule has 0 aliphatic rings. The lowest BCUT2D eigenvalue weighted by Gasteiger charge is -1.84. The van der Waals surface area contributed by atoms with Crippen LogP contribution in [0.3, 0.4) is 0 Å². The summed E-state index contributed by atoms with van der Waals surface area (Å²) in [6.07, 6.45) is 2.21. The van der Waals surface area contributed by atoms with Gasteiger partial charge in [0.1, 0.15) is 0 Å². The first kappa shape index (κ1) is 7.10. The highest BCUT2D eigenvalue weighted by Crippen LogP contribution is 2.14. The van der Waals surface area contributed by atoms with E-state index in [1.807, 2.05) is 36.6 Å². The zero-order chi connectivity index (χ0) is 8.39. The lowest BCUT2D eigenvalue weighted by Crippen LogP contribution is -1.82. The van der Waals surface area contributed by atoms with Crippen molar-refractivity contribution in [1.29, 1.82) is 0 Å². The summed E-state index contributed by atoms with van der Waals surface area (Å²) in [6, 6.07) is 9.92. The minimum atomic E-state index is 0.342. The zero-order valence-corrected chi connectivity index (χ0v) is 6.50. The Kier molecular flexibility index (Phi) is 1.67. The first-order valence-corrected chi connectivity index (χ1v) is 3.82. The van der Waals surface area contributed by atoms with Crippen LogP contribution in [0.5, 0.6) is 0 Å². The summed E-state index contributed by atoms with van der Waals surface area (Å²) in [5, 5.41) is 1.14. The number of fused-ring (bicyclic) bond motifs is 1. The molecule has 0 saturated carbocycles. The van der Waals surface area contributed by atoms with Crippen molar-refractivity contribution in [3.8, 4) is 0 Å². The molecule has 2 heteroatoms. The van der Waals surface area contributed by atoms with Gasteiger partial charge in [-0.2, -0.15) is 0 Å². The van der Waals surface area contributed by atoms with E-state index in [0.29, 0.717) is 6.42 Å². The Labute approximate surface area is 70.2 Å². The van der Waals surface area contributed by atoms with Gasteiger partial charge in [0.25, 0.3) is 0 Å². The summed E-state index contributed by atoms with van der Waals surface area (Å²) in [6.45, 7) is 0. The lowest BCUT2D eigenvalue weighted by molar-refractivity contribution is 0.555. The number of aromatic amines is 1. The lowest BCUT2D eigenvalue weighted by atomic mass is 10.2. The van der Waals surface area contributed by atoms with Crippen LogP contribution in [0.4, 0.5) is 0 Å². The Bertz CT molecular complexity index is 370. The van der Waals surface area contributed by atoms with Crippen LogP contribution in [0.2, 0.25) is 0 Å². The molecule has 59 valence electrons. The maximum absolute atomic E-state index is 10.1. The van der Waals surface area contributed by atoms with Gasteiger partial charge < -0.3 is 4.98 Å². The minimum absolute atomic E-state index is 0.342. The van der Waals surface area contributed by atoms with Crippen molar-refractivity contribution in [1.82, 2.24) is 4.98 Å². The van der Waals surface area contributed by atoms with Gasteiger partial charge in [-0.05, 0) is 17.5 Å². The van der Waals surface area contributed by atoms with Gasteiger partial charge in [-0.3, -0.25) is 4.79 Å². The number of nitrogens with one attached hydrogen (secondary N) is 1. The second-order valence-electron chi connectivity index (χ2n) is 2.70. The Hall–Kier alpha value is -1.57. The molecule has 0 aliphatic carbocycles. The van der Waals surface area contributed by atoms with E-state index in [1.54, 1.807) is 0 Å². The molecule has 2 rings (SSSR count). The van der Waals surface area contributed by atoms with Gasteiger partial charge in [-0.25, -0.2) is 0 Å². The van der Waals surface area contributed by atoms with Crippen molar-refractivity contribution < 1.29 is 4.79 Å². The molecule has 0 bridgehead atoms. The van der Waals surface area contributed by atoms with E-state index in [4.69, 9.17) is 0 Å². The number of para-hydroxylation sites is 1. The van der Waals surface area contributed by atoms with Gasteiger partial charge in [-0.1, -0.05) is 18.2 Å². The summed E-state index contributed by atoms with van der Waals surface area (Å²) >= 11 is 0. The van der Waals surface area contributed by atoms with Gasteiger partial charge in [-0.15, -0.1) is 0 Å². The SMILES string of the molecule is O=[C]Cc1cc2ccccc2[nH]1. The van der Waals surface area contributed by atoms with Crippen LogP contribution in [0.25, 0.3) is 10.9 Å². The van der Waals surface area contributed by atoms with Gasteiger partial charge >= 0.3 is 0 Å². The van der Waals surface area contributed by atoms with E-state index in [-0.39, 0.29) is 0 Å². The van der Waals surface area contributed by atoms with Crippen molar-refractivity contribution in [2.24, 2.45) is 0 Å². The van der Waals surface area contributed by atoms with Crippen LogP contribution >= 0.6 is 0 Å². The minimum Gasteiger partial charge on any atom is -0.358 e. The van der Waals surface area contributed by atoms with Crippen molar-refractivity contribution in [2.45, 2.75) is 6.42 Å². The number of aromatic nitrogens is 1. The molecule has 0 amide bonds. The largest absolute Gasteiger partial charge is 0.358 e. The molecule has 12 heavy (non-hydrogen) atoms. The Morgan fingerprint density at radius 2 is 2.17 bits per heavy atom. The van der Waals surface area contributed by atoms with Crippen molar-refractivity contribution in [3.63, 3.8) is 0 Å². The van der Waals surface area contributed by atoms with Crippen molar-refractivity contribution >= 4 is 17.2 Å². The van der Waals surface area contributed by atoms with E-state index in [2.05, 4.69) is 4.98 Å². The predicted molar refractivity (Wildman–Crippen MR) is 47.7 cm³/mol. The fourth-order valence-corrected chi connectivity index (χ4v) is 1.31. The van der Waals surface area contributed by atoms with Crippen molar-refractivity contribution in [2.75, 3.05) is 0 Å². The molecule has 1 heterocycles. The number of hydrogen-bond acceptors (Lipinski definition) is 1. The first-order chi connectivity index (χ1) is 5.90. The maximum Gasteiger partial charge on any atom is 0.204 e. The number of hydrogen-bond donors (Lipinski definition) is 1. The molecular weight excluding hydrogens is 150 g/mol. The third-order valence-corrected chi connectivity index (χ3v) is 1.85. The fraction of sp³-hybridized carbons (Fsp3) is 0.100. The standard InChI is InChI=1S/C10H8NO/c12-6-5-9-7-8-3-1-2-4-10(8)11-9/h1-4,7,11H,5H2. The Morgan fingerprint density at radius 1 is 1.33 bits per heavy atom. The number of carbonyl (C=O) groups excluding carboxylic acids is 1. The highest BCUT2D eigenvalue weighted by molar-refractivity contribution is 5.80. The molecule has 2 aromatic rings. The third-order valence-electron chi connectivity index (χ3n) is 1.85. The van der Waals surface area contributed by atoms with Crippen LogP contribution in [0, 0.1) is 0 Å². The fourth-order valence-electron chi connectivity index (χ4n) is 1.31. The molecule has 0 spiro atoms. The maximum atomic E-state index is 10.1. The summed E-state index contributed by atoms with van der Waals surface area (Å²) in [7, 11) is 0. The molecule has 1 aromatic heterocycles. The van der Waals surface area contributed by atoms with Crippen LogP contribution in [0.1, 0.15) is 5.69 Å². The molecule has 0 atom stereocenters. The summed E-state index contributed by atoms with van der Waals surface area (Å²) in [4.78, 5) is 13.2. The summed E-state index contributed by atoms with van der Waals surface area (Å²) in [5.74, 6) is 0. The van der Waals surface area contributed by atoms with E-state index in [1.165, 1.54) is 0 Å². The van der Waals surface area contributed by atoms with Crippen LogP contribution in [-0.2, 0) is 11.2 Å². The quantitative estimate of drug-likeness (QED) is 0.710. The normalized spacial score (nSPS) is 10.3. The molecule has 0 saturated heterocycles. The molecule has 0 aliphatic heterocycles. The molecular formula is C10H8NO. The second-order valence-corrected chi connectivity index (χ2v) is 2.70. The van der Waals surface area contributed by atoms with Gasteiger partial charge in [0, 0.05) is 11.2 Å². The molecule has 1 N–H and O–H groups in total. The van der Waals surface area contributed by atoms with Gasteiger partial charge in [0.15, 0.2) is 0 Å². The highest BCUT2D eigenvalue weighted by Gasteiger charge is 1.97.